The van der Waals surface area contributed by atoms with E-state index in [0.29, 0.717) is 31.8 Å². The highest BCUT2D eigenvalue weighted by Crippen LogP contribution is 2.36. The van der Waals surface area contributed by atoms with Crippen molar-refractivity contribution in [1.82, 2.24) is 4.90 Å². The van der Waals surface area contributed by atoms with Gasteiger partial charge in [0.1, 0.15) is 12.4 Å². The van der Waals surface area contributed by atoms with Crippen molar-refractivity contribution in [2.45, 2.75) is 6.42 Å². The average molecular weight is 380 g/mol. The molecule has 0 aromatic heterocycles. The maximum Gasteiger partial charge on any atom is 0.253 e. The van der Waals surface area contributed by atoms with E-state index in [4.69, 9.17) is 9.47 Å². The number of hydrogen-bond acceptors (Lipinski definition) is 4. The van der Waals surface area contributed by atoms with Crippen LogP contribution in [0.3, 0.4) is 0 Å². The standard InChI is InChI=1S/C22H24N2O4/c1-27-19-9-7-17(8-10-19)21(26)23-12-11-22(14-23)15-24(20(25)13-28-16-22)18-5-3-2-4-6-18/h2-10H,11-16H2,1H3. The molecule has 0 bridgehead atoms. The van der Waals surface area contributed by atoms with Crippen molar-refractivity contribution < 1.29 is 19.1 Å². The predicted octanol–water partition coefficient (Wildman–Crippen LogP) is 2.59. The van der Waals surface area contributed by atoms with Crippen LogP contribution in [0.2, 0.25) is 0 Å². The number of hydrogen-bond donors (Lipinski definition) is 0. The molecule has 2 aliphatic rings. The minimum Gasteiger partial charge on any atom is -0.497 e. The summed E-state index contributed by atoms with van der Waals surface area (Å²) in [6.07, 6.45) is 0.811. The lowest BCUT2D eigenvalue weighted by atomic mass is 9.87. The molecule has 0 N–H and O–H groups in total. The average Bonchev–Trinajstić information content (AvgIpc) is 3.08. The number of likely N-dealkylation sites (tertiary alicyclic amines) is 1. The molecule has 1 unspecified atom stereocenters. The second-order valence-electron chi connectivity index (χ2n) is 7.51. The molecule has 1 atom stereocenters. The zero-order valence-electron chi connectivity index (χ0n) is 16.0. The molecule has 2 aliphatic heterocycles. The third-order valence-corrected chi connectivity index (χ3v) is 5.56. The van der Waals surface area contributed by atoms with Crippen LogP contribution in [0, 0.1) is 5.41 Å². The third-order valence-electron chi connectivity index (χ3n) is 5.56. The zero-order valence-corrected chi connectivity index (χ0v) is 16.0. The molecule has 2 aromatic rings. The number of nitrogens with zero attached hydrogens (tertiary/aromatic N) is 2. The monoisotopic (exact) mass is 380 g/mol. The van der Waals surface area contributed by atoms with Gasteiger partial charge in [0.05, 0.1) is 13.7 Å². The van der Waals surface area contributed by atoms with Crippen molar-refractivity contribution in [2.75, 3.05) is 44.9 Å². The molecule has 0 radical (unpaired) electrons. The highest BCUT2D eigenvalue weighted by molar-refractivity contribution is 5.95. The van der Waals surface area contributed by atoms with Gasteiger partial charge in [-0.1, -0.05) is 18.2 Å². The lowest BCUT2D eigenvalue weighted by molar-refractivity contribution is -0.122. The maximum atomic E-state index is 12.9. The van der Waals surface area contributed by atoms with E-state index in [1.54, 1.807) is 36.3 Å². The van der Waals surface area contributed by atoms with Gasteiger partial charge in [0.25, 0.3) is 11.8 Å². The van der Waals surface area contributed by atoms with E-state index in [1.807, 2.05) is 35.2 Å². The van der Waals surface area contributed by atoms with Crippen LogP contribution in [-0.4, -0.2) is 56.7 Å². The van der Waals surface area contributed by atoms with Crippen LogP contribution in [0.25, 0.3) is 0 Å². The van der Waals surface area contributed by atoms with Crippen LogP contribution in [0.5, 0.6) is 5.75 Å². The molecule has 28 heavy (non-hydrogen) atoms. The Bertz CT molecular complexity index is 853. The lowest BCUT2D eigenvalue weighted by Crippen LogP contribution is -2.43. The molecule has 4 rings (SSSR count). The zero-order chi connectivity index (χ0) is 19.6. The van der Waals surface area contributed by atoms with Gasteiger partial charge in [-0.2, -0.15) is 0 Å². The first-order valence-corrected chi connectivity index (χ1v) is 9.47. The largest absolute Gasteiger partial charge is 0.497 e. The highest BCUT2D eigenvalue weighted by atomic mass is 16.5. The first-order valence-electron chi connectivity index (χ1n) is 9.47. The molecule has 0 aliphatic carbocycles. The third kappa shape index (κ3) is 3.60. The highest BCUT2D eigenvalue weighted by Gasteiger charge is 2.44. The Labute approximate surface area is 164 Å². The molecule has 2 saturated heterocycles. The van der Waals surface area contributed by atoms with Crippen LogP contribution >= 0.6 is 0 Å². The van der Waals surface area contributed by atoms with Gasteiger partial charge < -0.3 is 19.3 Å². The Balaban J connectivity index is 1.52. The number of anilines is 1. The summed E-state index contributed by atoms with van der Waals surface area (Å²) in [4.78, 5) is 29.2. The summed E-state index contributed by atoms with van der Waals surface area (Å²) in [6, 6.07) is 16.8. The minimum absolute atomic E-state index is 0.00126. The van der Waals surface area contributed by atoms with Gasteiger partial charge in [0.15, 0.2) is 0 Å². The van der Waals surface area contributed by atoms with Crippen molar-refractivity contribution in [3.8, 4) is 5.75 Å². The van der Waals surface area contributed by atoms with Gasteiger partial charge in [0, 0.05) is 36.3 Å². The summed E-state index contributed by atoms with van der Waals surface area (Å²) in [5.74, 6) is 0.688. The van der Waals surface area contributed by atoms with E-state index in [-0.39, 0.29) is 23.8 Å². The number of carbonyl (C=O) groups is 2. The Morgan fingerprint density at radius 1 is 1.07 bits per heavy atom. The Hall–Kier alpha value is -2.86. The summed E-state index contributed by atoms with van der Waals surface area (Å²) in [5, 5.41) is 0. The van der Waals surface area contributed by atoms with Gasteiger partial charge in [0.2, 0.25) is 0 Å². The summed E-state index contributed by atoms with van der Waals surface area (Å²) in [5.41, 5.74) is 1.27. The van der Waals surface area contributed by atoms with Crippen molar-refractivity contribution in [1.29, 1.82) is 0 Å². The molecule has 0 saturated carbocycles. The van der Waals surface area contributed by atoms with Gasteiger partial charge in [-0.25, -0.2) is 0 Å². The van der Waals surface area contributed by atoms with E-state index >= 15 is 0 Å². The quantitative estimate of drug-likeness (QED) is 0.821. The molecule has 1 spiro atoms. The molecule has 2 amide bonds. The predicted molar refractivity (Wildman–Crippen MR) is 106 cm³/mol. The number of rotatable bonds is 3. The van der Waals surface area contributed by atoms with E-state index in [2.05, 4.69) is 0 Å². The van der Waals surface area contributed by atoms with Crippen molar-refractivity contribution in [3.05, 3.63) is 60.2 Å². The van der Waals surface area contributed by atoms with E-state index in [1.165, 1.54) is 0 Å². The first kappa shape index (κ1) is 18.5. The molecule has 2 fully saturated rings. The SMILES string of the molecule is COc1ccc(C(=O)N2CCC3(COCC(=O)N(c4ccccc4)C3)C2)cc1. The Kier molecular flexibility index (Phi) is 5.05. The fraction of sp³-hybridized carbons (Fsp3) is 0.364. The van der Waals surface area contributed by atoms with Crippen LogP contribution in [-0.2, 0) is 9.53 Å². The molecular weight excluding hydrogens is 356 g/mol. The summed E-state index contributed by atoms with van der Waals surface area (Å²) >= 11 is 0. The second kappa shape index (κ2) is 7.64. The van der Waals surface area contributed by atoms with Gasteiger partial charge in [-0.15, -0.1) is 0 Å². The Morgan fingerprint density at radius 3 is 2.54 bits per heavy atom. The fourth-order valence-corrected chi connectivity index (χ4v) is 4.02. The molecule has 6 heteroatoms. The Morgan fingerprint density at radius 2 is 1.82 bits per heavy atom. The molecule has 146 valence electrons. The number of ether oxygens (including phenoxy) is 2. The van der Waals surface area contributed by atoms with Gasteiger partial charge in [-0.05, 0) is 42.8 Å². The second-order valence-corrected chi connectivity index (χ2v) is 7.51. The summed E-state index contributed by atoms with van der Waals surface area (Å²) < 4.78 is 10.9. The van der Waals surface area contributed by atoms with Crippen LogP contribution < -0.4 is 9.64 Å². The van der Waals surface area contributed by atoms with Crippen molar-refractivity contribution >= 4 is 17.5 Å². The van der Waals surface area contributed by atoms with E-state index in [9.17, 15) is 9.59 Å². The minimum atomic E-state index is -0.246. The number of amides is 2. The molecule has 2 heterocycles. The maximum absolute atomic E-state index is 12.9. The lowest BCUT2D eigenvalue weighted by Gasteiger charge is -2.32. The van der Waals surface area contributed by atoms with Crippen molar-refractivity contribution in [2.24, 2.45) is 5.41 Å². The van der Waals surface area contributed by atoms with Crippen LogP contribution in [0.1, 0.15) is 16.8 Å². The number of methoxy groups -OCH3 is 1. The van der Waals surface area contributed by atoms with Gasteiger partial charge >= 0.3 is 0 Å². The molecule has 6 nitrogen and oxygen atoms in total. The smallest absolute Gasteiger partial charge is 0.253 e. The number of benzene rings is 2. The normalized spacial score (nSPS) is 22.4. The number of para-hydroxylation sites is 1. The van der Waals surface area contributed by atoms with Crippen LogP contribution in [0.15, 0.2) is 54.6 Å². The van der Waals surface area contributed by atoms with E-state index in [0.717, 1.165) is 17.9 Å². The molecule has 2 aromatic carbocycles. The molecular formula is C22H24N2O4. The van der Waals surface area contributed by atoms with Crippen molar-refractivity contribution in [3.63, 3.8) is 0 Å². The van der Waals surface area contributed by atoms with E-state index < -0.39 is 0 Å². The van der Waals surface area contributed by atoms with Gasteiger partial charge in [-0.3, -0.25) is 9.59 Å². The van der Waals surface area contributed by atoms with Crippen LogP contribution in [0.4, 0.5) is 5.69 Å². The first-order chi connectivity index (χ1) is 13.6. The number of carbonyl (C=O) groups excluding carboxylic acids is 2. The summed E-state index contributed by atoms with van der Waals surface area (Å²) in [6.45, 7) is 2.35. The topological polar surface area (TPSA) is 59.1 Å². The fourth-order valence-electron chi connectivity index (χ4n) is 4.02. The summed E-state index contributed by atoms with van der Waals surface area (Å²) in [7, 11) is 1.60.